The van der Waals surface area contributed by atoms with Crippen LogP contribution < -0.4 is 5.32 Å². The number of halogens is 1. The maximum atomic E-state index is 13.3. The van der Waals surface area contributed by atoms with Crippen LogP contribution in [0.5, 0.6) is 0 Å². The fourth-order valence-electron chi connectivity index (χ4n) is 3.12. The second-order valence-electron chi connectivity index (χ2n) is 6.10. The summed E-state index contributed by atoms with van der Waals surface area (Å²) in [5, 5.41) is 14.0. The molecule has 0 amide bonds. The summed E-state index contributed by atoms with van der Waals surface area (Å²) >= 11 is 0. The van der Waals surface area contributed by atoms with Crippen molar-refractivity contribution in [1.82, 2.24) is 15.3 Å². The van der Waals surface area contributed by atoms with Crippen molar-refractivity contribution in [3.05, 3.63) is 83.1 Å². The zero-order valence-electron chi connectivity index (χ0n) is 13.6. The minimum absolute atomic E-state index is 0.283. The molecule has 0 spiro atoms. The van der Waals surface area contributed by atoms with E-state index in [1.165, 1.54) is 12.1 Å². The van der Waals surface area contributed by atoms with E-state index in [0.717, 1.165) is 41.0 Å². The summed E-state index contributed by atoms with van der Waals surface area (Å²) in [4.78, 5) is 9.26. The number of nitrogens with zero attached hydrogens (tertiary/aromatic N) is 2. The van der Waals surface area contributed by atoms with Gasteiger partial charge in [0.2, 0.25) is 0 Å². The van der Waals surface area contributed by atoms with E-state index < -0.39 is 6.10 Å². The highest BCUT2D eigenvalue weighted by atomic mass is 19.1. The van der Waals surface area contributed by atoms with Gasteiger partial charge in [-0.2, -0.15) is 0 Å². The Balaban J connectivity index is 1.84. The third kappa shape index (κ3) is 3.16. The van der Waals surface area contributed by atoms with Gasteiger partial charge in [-0.3, -0.25) is 0 Å². The van der Waals surface area contributed by atoms with Crippen molar-refractivity contribution in [2.75, 3.05) is 6.54 Å². The van der Waals surface area contributed by atoms with Crippen LogP contribution in [0.3, 0.4) is 0 Å². The van der Waals surface area contributed by atoms with Gasteiger partial charge in [-0.15, -0.1) is 0 Å². The van der Waals surface area contributed by atoms with E-state index in [0.29, 0.717) is 12.4 Å². The van der Waals surface area contributed by atoms with Gasteiger partial charge in [-0.1, -0.05) is 30.3 Å². The first-order valence-electron chi connectivity index (χ1n) is 8.32. The molecule has 0 fully saturated rings. The quantitative estimate of drug-likeness (QED) is 0.772. The Morgan fingerprint density at radius 3 is 2.52 bits per heavy atom. The van der Waals surface area contributed by atoms with Crippen LogP contribution >= 0.6 is 0 Å². The van der Waals surface area contributed by atoms with Crippen molar-refractivity contribution in [1.29, 1.82) is 0 Å². The topological polar surface area (TPSA) is 58.0 Å². The van der Waals surface area contributed by atoms with Crippen molar-refractivity contribution in [3.8, 4) is 11.3 Å². The molecule has 4 rings (SSSR count). The summed E-state index contributed by atoms with van der Waals surface area (Å²) in [5.74, 6) is 0.0977. The van der Waals surface area contributed by atoms with Gasteiger partial charge >= 0.3 is 0 Å². The minimum atomic E-state index is -0.888. The molecule has 25 heavy (non-hydrogen) atoms. The highest BCUT2D eigenvalue weighted by Gasteiger charge is 2.22. The van der Waals surface area contributed by atoms with Gasteiger partial charge in [0.15, 0.2) is 5.82 Å². The van der Waals surface area contributed by atoms with Gasteiger partial charge in [-0.05, 0) is 29.8 Å². The smallest absolute Gasteiger partial charge is 0.162 e. The standard InChI is InChI=1S/C20H18FN3O/c21-15-8-6-13(7-9-15)18-16-12-22-11-10-17(16)23-20(24-18)19(25)14-4-2-1-3-5-14/h1-9,19,22,25H,10-12H2. The summed E-state index contributed by atoms with van der Waals surface area (Å²) in [6, 6.07) is 15.6. The van der Waals surface area contributed by atoms with Gasteiger partial charge in [0.1, 0.15) is 11.9 Å². The van der Waals surface area contributed by atoms with Crippen LogP contribution in [0.1, 0.15) is 28.7 Å². The van der Waals surface area contributed by atoms with E-state index >= 15 is 0 Å². The van der Waals surface area contributed by atoms with Crippen molar-refractivity contribution in [2.45, 2.75) is 19.1 Å². The molecular weight excluding hydrogens is 317 g/mol. The van der Waals surface area contributed by atoms with Crippen molar-refractivity contribution >= 4 is 0 Å². The predicted octanol–water partition coefficient (Wildman–Crippen LogP) is 3.01. The number of hydrogen-bond acceptors (Lipinski definition) is 4. The first-order valence-corrected chi connectivity index (χ1v) is 8.32. The number of rotatable bonds is 3. The molecule has 0 saturated carbocycles. The van der Waals surface area contributed by atoms with E-state index in [1.54, 1.807) is 12.1 Å². The molecule has 1 aliphatic rings. The number of aromatic nitrogens is 2. The van der Waals surface area contributed by atoms with Crippen LogP contribution in [0, 0.1) is 5.82 Å². The lowest BCUT2D eigenvalue weighted by atomic mass is 9.99. The molecule has 1 atom stereocenters. The maximum Gasteiger partial charge on any atom is 0.162 e. The lowest BCUT2D eigenvalue weighted by Crippen LogP contribution is -2.27. The minimum Gasteiger partial charge on any atom is -0.380 e. The SMILES string of the molecule is OC(c1ccccc1)c1nc2c(c(-c3ccc(F)cc3)n1)CNCC2. The van der Waals surface area contributed by atoms with Crippen LogP contribution in [0.15, 0.2) is 54.6 Å². The average molecular weight is 335 g/mol. The second kappa shape index (κ2) is 6.70. The molecule has 0 aliphatic carbocycles. The van der Waals surface area contributed by atoms with Crippen LogP contribution in [0.4, 0.5) is 4.39 Å². The normalized spacial score (nSPS) is 14.8. The molecule has 0 bridgehead atoms. The molecular formula is C20H18FN3O. The molecule has 3 aromatic rings. The van der Waals surface area contributed by atoms with E-state index in [9.17, 15) is 9.50 Å². The Kier molecular flexibility index (Phi) is 4.26. The molecule has 1 aliphatic heterocycles. The number of hydrogen-bond donors (Lipinski definition) is 2. The average Bonchev–Trinajstić information content (AvgIpc) is 2.68. The molecule has 2 aromatic carbocycles. The highest BCUT2D eigenvalue weighted by molar-refractivity contribution is 5.64. The van der Waals surface area contributed by atoms with E-state index in [-0.39, 0.29) is 5.82 Å². The van der Waals surface area contributed by atoms with Gasteiger partial charge in [0, 0.05) is 30.6 Å². The van der Waals surface area contributed by atoms with Crippen LogP contribution in [0.25, 0.3) is 11.3 Å². The molecule has 2 N–H and O–H groups in total. The maximum absolute atomic E-state index is 13.3. The number of fused-ring (bicyclic) bond motifs is 1. The number of aliphatic hydroxyl groups is 1. The number of nitrogens with one attached hydrogen (secondary N) is 1. The Labute approximate surface area is 145 Å². The zero-order chi connectivity index (χ0) is 17.2. The van der Waals surface area contributed by atoms with Gasteiger partial charge < -0.3 is 10.4 Å². The Hall–Kier alpha value is -2.63. The molecule has 4 nitrogen and oxygen atoms in total. The van der Waals surface area contributed by atoms with Crippen molar-refractivity contribution in [3.63, 3.8) is 0 Å². The zero-order valence-corrected chi connectivity index (χ0v) is 13.6. The fraction of sp³-hybridized carbons (Fsp3) is 0.200. The predicted molar refractivity (Wildman–Crippen MR) is 93.3 cm³/mol. The van der Waals surface area contributed by atoms with Gasteiger partial charge in [0.05, 0.1) is 11.4 Å². The van der Waals surface area contributed by atoms with E-state index in [2.05, 4.69) is 15.3 Å². The Bertz CT molecular complexity index is 881. The monoisotopic (exact) mass is 335 g/mol. The Morgan fingerprint density at radius 1 is 1.00 bits per heavy atom. The van der Waals surface area contributed by atoms with E-state index in [1.807, 2.05) is 30.3 Å². The van der Waals surface area contributed by atoms with Crippen LogP contribution in [-0.2, 0) is 13.0 Å². The largest absolute Gasteiger partial charge is 0.380 e. The highest BCUT2D eigenvalue weighted by Crippen LogP contribution is 2.29. The van der Waals surface area contributed by atoms with Crippen LogP contribution in [0.2, 0.25) is 0 Å². The summed E-state index contributed by atoms with van der Waals surface area (Å²) in [6.07, 6.45) is -0.110. The third-order valence-electron chi connectivity index (χ3n) is 4.43. The summed E-state index contributed by atoms with van der Waals surface area (Å²) in [5.41, 5.74) is 4.29. The van der Waals surface area contributed by atoms with Crippen molar-refractivity contribution < 1.29 is 9.50 Å². The van der Waals surface area contributed by atoms with Crippen molar-refractivity contribution in [2.24, 2.45) is 0 Å². The summed E-state index contributed by atoms with van der Waals surface area (Å²) < 4.78 is 13.3. The Morgan fingerprint density at radius 2 is 1.76 bits per heavy atom. The van der Waals surface area contributed by atoms with E-state index in [4.69, 9.17) is 0 Å². The molecule has 1 aromatic heterocycles. The molecule has 5 heteroatoms. The number of aliphatic hydroxyl groups excluding tert-OH is 1. The lowest BCUT2D eigenvalue weighted by Gasteiger charge is -2.21. The van der Waals surface area contributed by atoms with Crippen LogP contribution in [-0.4, -0.2) is 21.6 Å². The first kappa shape index (κ1) is 15.9. The van der Waals surface area contributed by atoms with Gasteiger partial charge in [-0.25, -0.2) is 14.4 Å². The first-order chi connectivity index (χ1) is 12.2. The molecule has 1 unspecified atom stereocenters. The lowest BCUT2D eigenvalue weighted by molar-refractivity contribution is 0.209. The molecule has 126 valence electrons. The summed E-state index contributed by atoms with van der Waals surface area (Å²) in [7, 11) is 0. The second-order valence-corrected chi connectivity index (χ2v) is 6.10. The fourth-order valence-corrected chi connectivity index (χ4v) is 3.12. The van der Waals surface area contributed by atoms with Gasteiger partial charge in [0.25, 0.3) is 0 Å². The summed E-state index contributed by atoms with van der Waals surface area (Å²) in [6.45, 7) is 1.51. The third-order valence-corrected chi connectivity index (χ3v) is 4.43. The number of benzene rings is 2. The molecule has 0 saturated heterocycles. The molecule has 2 heterocycles. The molecule has 0 radical (unpaired) electrons.